The fraction of sp³-hybridized carbons (Fsp3) is 0.389. The highest BCUT2D eigenvalue weighted by atomic mass is 32.2. The van der Waals surface area contributed by atoms with Crippen molar-refractivity contribution in [1.82, 2.24) is 19.9 Å². The van der Waals surface area contributed by atoms with Crippen LogP contribution in [-0.4, -0.2) is 67.1 Å². The molecule has 11 nitrogen and oxygen atoms in total. The number of carbonyl (C=O) groups is 1. The minimum absolute atomic E-state index is 0.0212. The van der Waals surface area contributed by atoms with Crippen molar-refractivity contribution in [2.45, 2.75) is 64.9 Å². The number of halogens is 1. The number of aryl methyl sites for hydroxylation is 2. The molecule has 260 valence electrons. The first-order valence-corrected chi connectivity index (χ1v) is 17.5. The molecule has 3 heterocycles. The van der Waals surface area contributed by atoms with E-state index in [4.69, 9.17) is 14.2 Å². The van der Waals surface area contributed by atoms with Gasteiger partial charge in [-0.2, -0.15) is 4.98 Å². The Balaban J connectivity index is 1.60. The largest absolute Gasteiger partial charge is 0.492 e. The number of hydrogen-bond acceptors (Lipinski definition) is 9. The van der Waals surface area contributed by atoms with Crippen LogP contribution in [0, 0.1) is 25.1 Å². The lowest BCUT2D eigenvalue weighted by atomic mass is 9.87. The van der Waals surface area contributed by atoms with Gasteiger partial charge in [-0.05, 0) is 55.0 Å². The fourth-order valence-corrected chi connectivity index (χ4v) is 6.73. The molecule has 5 rings (SSSR count). The van der Waals surface area contributed by atoms with Crippen LogP contribution in [0.1, 0.15) is 60.8 Å². The maximum Gasteiger partial charge on any atom is 0.264 e. The lowest BCUT2D eigenvalue weighted by Crippen LogP contribution is -2.45. The lowest BCUT2D eigenvalue weighted by molar-refractivity contribution is 0.0506. The van der Waals surface area contributed by atoms with Gasteiger partial charge in [0.15, 0.2) is 0 Å². The van der Waals surface area contributed by atoms with E-state index >= 15 is 4.39 Å². The maximum absolute atomic E-state index is 15.6. The molecule has 0 saturated carbocycles. The van der Waals surface area contributed by atoms with Crippen molar-refractivity contribution in [3.8, 4) is 22.9 Å². The van der Waals surface area contributed by atoms with Gasteiger partial charge in [-0.15, -0.1) is 0 Å². The van der Waals surface area contributed by atoms with Gasteiger partial charge in [-0.1, -0.05) is 45.0 Å². The molecule has 1 aliphatic rings. The molecular weight excluding hydrogens is 649 g/mol. The van der Waals surface area contributed by atoms with E-state index in [0.29, 0.717) is 31.7 Å². The predicted octanol–water partition coefficient (Wildman–Crippen LogP) is 6.35. The first-order chi connectivity index (χ1) is 23.2. The zero-order valence-corrected chi connectivity index (χ0v) is 29.4. The van der Waals surface area contributed by atoms with Gasteiger partial charge in [0.05, 0.1) is 41.7 Å². The van der Waals surface area contributed by atoms with Gasteiger partial charge in [0.25, 0.3) is 15.9 Å². The fourth-order valence-electron chi connectivity index (χ4n) is 5.75. The van der Waals surface area contributed by atoms with Crippen LogP contribution in [0.15, 0.2) is 65.7 Å². The molecule has 1 atom stereocenters. The summed E-state index contributed by atoms with van der Waals surface area (Å²) < 4.78 is 62.3. The summed E-state index contributed by atoms with van der Waals surface area (Å²) in [5.74, 6) is -0.959. The van der Waals surface area contributed by atoms with Crippen molar-refractivity contribution in [3.05, 3.63) is 89.0 Å². The number of benzene rings is 2. The number of aromatic nitrogens is 3. The number of nitrogens with one attached hydrogen (secondary N) is 1. The summed E-state index contributed by atoms with van der Waals surface area (Å²) in [6.45, 7) is 10.6. The van der Waals surface area contributed by atoms with E-state index in [1.807, 2.05) is 52.8 Å². The number of rotatable bonds is 9. The highest BCUT2D eigenvalue weighted by Gasteiger charge is 2.32. The van der Waals surface area contributed by atoms with Crippen molar-refractivity contribution in [3.63, 3.8) is 0 Å². The van der Waals surface area contributed by atoms with Crippen LogP contribution in [0.2, 0.25) is 0 Å². The molecule has 4 aromatic rings. The molecule has 1 amide bonds. The second-order valence-corrected chi connectivity index (χ2v) is 15.0. The number of anilines is 1. The average Bonchev–Trinajstić information content (AvgIpc) is 3.03. The summed E-state index contributed by atoms with van der Waals surface area (Å²) in [6, 6.07) is 13.8. The molecule has 0 fully saturated rings. The quantitative estimate of drug-likeness (QED) is 0.199. The summed E-state index contributed by atoms with van der Waals surface area (Å²) in [4.78, 5) is 29.0. The summed E-state index contributed by atoms with van der Waals surface area (Å²) in [6.07, 6.45) is 2.50. The highest BCUT2D eigenvalue weighted by Crippen LogP contribution is 2.32. The SMILES string of the molecule is COCCCOc1cnc(CN2C(=O)c3cccc(c3)S(=O)(=O)Nc3nc(cc(-c4c(C)cccc4C)n3)OC[C@H]2CC(C)(C)C)c(F)c1. The van der Waals surface area contributed by atoms with Crippen molar-refractivity contribution in [1.29, 1.82) is 0 Å². The second kappa shape index (κ2) is 14.9. The summed E-state index contributed by atoms with van der Waals surface area (Å²) in [5, 5.41) is 0. The van der Waals surface area contributed by atoms with Gasteiger partial charge < -0.3 is 19.1 Å². The molecule has 0 aliphatic carbocycles. The van der Waals surface area contributed by atoms with E-state index in [9.17, 15) is 13.2 Å². The van der Waals surface area contributed by atoms with Gasteiger partial charge >= 0.3 is 0 Å². The Morgan fingerprint density at radius 2 is 1.78 bits per heavy atom. The average molecular weight is 692 g/mol. The smallest absolute Gasteiger partial charge is 0.264 e. The molecule has 0 saturated heterocycles. The second-order valence-electron chi connectivity index (χ2n) is 13.3. The molecule has 2 aromatic heterocycles. The molecule has 1 aliphatic heterocycles. The van der Waals surface area contributed by atoms with E-state index in [-0.39, 0.29) is 52.3 Å². The number of nitrogens with zero attached hydrogens (tertiary/aromatic N) is 4. The van der Waals surface area contributed by atoms with E-state index < -0.39 is 27.8 Å². The number of fused-ring (bicyclic) bond motifs is 4. The first kappa shape index (κ1) is 35.7. The Hall–Kier alpha value is -4.62. The van der Waals surface area contributed by atoms with Crippen LogP contribution in [0.25, 0.3) is 11.3 Å². The van der Waals surface area contributed by atoms with E-state index in [1.54, 1.807) is 13.2 Å². The predicted molar refractivity (Wildman–Crippen MR) is 184 cm³/mol. The van der Waals surface area contributed by atoms with Gasteiger partial charge in [-0.25, -0.2) is 22.5 Å². The lowest BCUT2D eigenvalue weighted by Gasteiger charge is -2.35. The first-order valence-electron chi connectivity index (χ1n) is 16.0. The third-order valence-electron chi connectivity index (χ3n) is 8.00. The van der Waals surface area contributed by atoms with Gasteiger partial charge in [0.1, 0.15) is 18.2 Å². The third-order valence-corrected chi connectivity index (χ3v) is 9.33. The van der Waals surface area contributed by atoms with Crippen LogP contribution in [0.3, 0.4) is 0 Å². The minimum atomic E-state index is -4.24. The van der Waals surface area contributed by atoms with Gasteiger partial charge in [0.2, 0.25) is 11.8 Å². The topological polar surface area (TPSA) is 133 Å². The van der Waals surface area contributed by atoms with E-state index in [0.717, 1.165) is 16.7 Å². The molecule has 0 unspecified atom stereocenters. The normalized spacial score (nSPS) is 16.1. The Kier molecular flexibility index (Phi) is 10.8. The maximum atomic E-state index is 15.6. The molecule has 0 radical (unpaired) electrons. The number of pyridine rings is 1. The zero-order valence-electron chi connectivity index (χ0n) is 28.6. The molecule has 2 aromatic carbocycles. The number of amides is 1. The summed E-state index contributed by atoms with van der Waals surface area (Å²) >= 11 is 0. The van der Waals surface area contributed by atoms with Crippen molar-refractivity contribution >= 4 is 21.9 Å². The molecular formula is C36H42FN5O6S. The molecule has 4 bridgehead atoms. The monoisotopic (exact) mass is 691 g/mol. The minimum Gasteiger partial charge on any atom is -0.492 e. The Labute approximate surface area is 286 Å². The number of carbonyl (C=O) groups excluding carboxylic acids is 1. The van der Waals surface area contributed by atoms with E-state index in [2.05, 4.69) is 19.7 Å². The van der Waals surface area contributed by atoms with Crippen LogP contribution < -0.4 is 14.2 Å². The number of methoxy groups -OCH3 is 1. The highest BCUT2D eigenvalue weighted by molar-refractivity contribution is 7.92. The number of hydrogen-bond donors (Lipinski definition) is 1. The number of sulfonamides is 1. The molecule has 49 heavy (non-hydrogen) atoms. The van der Waals surface area contributed by atoms with Gasteiger partial charge in [0, 0.05) is 43.4 Å². The number of ether oxygens (including phenoxy) is 3. The van der Waals surface area contributed by atoms with Crippen LogP contribution in [0.4, 0.5) is 10.3 Å². The van der Waals surface area contributed by atoms with Crippen LogP contribution >= 0.6 is 0 Å². The molecule has 13 heteroatoms. The van der Waals surface area contributed by atoms with Crippen molar-refractivity contribution < 1.29 is 31.8 Å². The third kappa shape index (κ3) is 8.90. The summed E-state index contributed by atoms with van der Waals surface area (Å²) in [7, 11) is -2.65. The van der Waals surface area contributed by atoms with Crippen LogP contribution in [0.5, 0.6) is 11.6 Å². The Morgan fingerprint density at radius 3 is 2.47 bits per heavy atom. The zero-order chi connectivity index (χ0) is 35.3. The molecule has 0 spiro atoms. The standard InChI is InChI=1S/C36H42FN5O6S/c1-23-10-7-11-24(2)33(23)30-18-32-40-35(39-30)41-49(44,45)28-13-8-12-25(16-28)34(43)42(26(22-48-32)19-36(3,4)5)21-31-29(37)17-27(20-38-31)47-15-9-14-46-6/h7-8,10-13,16-18,20,26H,9,14-15,19,21-22H2,1-6H3,(H,39,40,41)/t26-/m1/s1. The van der Waals surface area contributed by atoms with Crippen molar-refractivity contribution in [2.75, 3.05) is 31.7 Å². The molecule has 1 N–H and O–H groups in total. The Bertz CT molecular complexity index is 1910. The summed E-state index contributed by atoms with van der Waals surface area (Å²) in [5.41, 5.74) is 2.99. The van der Waals surface area contributed by atoms with Crippen LogP contribution in [-0.2, 0) is 21.3 Å². The van der Waals surface area contributed by atoms with Crippen molar-refractivity contribution in [2.24, 2.45) is 5.41 Å². The van der Waals surface area contributed by atoms with Gasteiger partial charge in [-0.3, -0.25) is 9.78 Å². The van der Waals surface area contributed by atoms with E-state index in [1.165, 1.54) is 41.4 Å². The Morgan fingerprint density at radius 1 is 1.04 bits per heavy atom.